The summed E-state index contributed by atoms with van der Waals surface area (Å²) in [7, 11) is 0. The number of aliphatic hydroxyl groups is 1. The summed E-state index contributed by atoms with van der Waals surface area (Å²) in [6.07, 6.45) is 1.34. The van der Waals surface area contributed by atoms with Crippen molar-refractivity contribution in [3.63, 3.8) is 0 Å². The van der Waals surface area contributed by atoms with Gasteiger partial charge in [-0.2, -0.15) is 0 Å². The minimum Gasteiger partial charge on any atom is -0.390 e. The fourth-order valence-electron chi connectivity index (χ4n) is 2.29. The highest BCUT2D eigenvalue weighted by Crippen LogP contribution is 2.39. The van der Waals surface area contributed by atoms with Gasteiger partial charge in [-0.05, 0) is 5.53 Å². The molecule has 1 fully saturated rings. The number of halogens is 1. The number of aromatic amines is 1. The normalized spacial score (nSPS) is 28.7. The Bertz CT molecular complexity index is 782. The summed E-state index contributed by atoms with van der Waals surface area (Å²) in [6.45, 7) is 0. The number of azide groups is 1. The van der Waals surface area contributed by atoms with Crippen LogP contribution in [0.1, 0.15) is 12.6 Å². The van der Waals surface area contributed by atoms with E-state index in [1.54, 1.807) is 4.57 Å². The van der Waals surface area contributed by atoms with Crippen LogP contribution in [-0.4, -0.2) is 40.9 Å². The second kappa shape index (κ2) is 5.26. The Kier molecular flexibility index (Phi) is 3.57. The fourth-order valence-corrected chi connectivity index (χ4v) is 3.14. The maximum absolute atomic E-state index is 11.6. The van der Waals surface area contributed by atoms with E-state index in [0.717, 1.165) is 0 Å². The molecule has 0 radical (unpaired) electrons. The highest BCUT2D eigenvalue weighted by molar-refractivity contribution is 14.1. The molecule has 0 bridgehead atoms. The molecule has 11 heteroatoms. The molecule has 1 saturated heterocycles. The van der Waals surface area contributed by atoms with Crippen molar-refractivity contribution in [1.82, 2.24) is 19.5 Å². The van der Waals surface area contributed by atoms with Gasteiger partial charge in [0.1, 0.15) is 6.23 Å². The van der Waals surface area contributed by atoms with Gasteiger partial charge in [0, 0.05) is 15.8 Å². The van der Waals surface area contributed by atoms with Gasteiger partial charge in [0.2, 0.25) is 0 Å². The summed E-state index contributed by atoms with van der Waals surface area (Å²) >= 11 is 1.99. The lowest BCUT2D eigenvalue weighted by atomic mass is 10.1. The van der Waals surface area contributed by atoms with Crippen LogP contribution in [0, 0.1) is 0 Å². The molecule has 1 aliphatic rings. The van der Waals surface area contributed by atoms with Crippen molar-refractivity contribution in [3.8, 4) is 0 Å². The zero-order valence-electron chi connectivity index (χ0n) is 10.5. The molecule has 3 rings (SSSR count). The molecule has 0 unspecified atom stereocenters. The number of imidazole rings is 1. The maximum Gasteiger partial charge on any atom is 0.278 e. The Morgan fingerprint density at radius 2 is 2.52 bits per heavy atom. The van der Waals surface area contributed by atoms with Gasteiger partial charge in [0.15, 0.2) is 16.9 Å². The quantitative estimate of drug-likeness (QED) is 0.257. The molecule has 21 heavy (non-hydrogen) atoms. The number of aliphatic hydroxyl groups excluding tert-OH is 1. The molecule has 2 aromatic rings. The summed E-state index contributed by atoms with van der Waals surface area (Å²) in [4.78, 5) is 24.9. The summed E-state index contributed by atoms with van der Waals surface area (Å²) in [5.74, 6) is 0. The van der Waals surface area contributed by atoms with Crippen LogP contribution in [0.25, 0.3) is 21.6 Å². The van der Waals surface area contributed by atoms with E-state index in [4.69, 9.17) is 10.3 Å². The highest BCUT2D eigenvalue weighted by Gasteiger charge is 2.48. The molecule has 0 aliphatic carbocycles. The Morgan fingerprint density at radius 1 is 1.71 bits per heavy atom. The van der Waals surface area contributed by atoms with Gasteiger partial charge in [-0.3, -0.25) is 9.36 Å². The number of fused-ring (bicyclic) bond motifs is 1. The number of aromatic nitrogens is 4. The Balaban J connectivity index is 2.04. The number of hydrogen-bond acceptors (Lipinski definition) is 6. The lowest BCUT2D eigenvalue weighted by Gasteiger charge is -2.24. The smallest absolute Gasteiger partial charge is 0.278 e. The van der Waals surface area contributed by atoms with Crippen molar-refractivity contribution < 1.29 is 9.84 Å². The SMILES string of the molecule is [N-]=[N+]=N[C@]1(CI)O[C@@H](n2cnc3c(=O)[nH]cnc32)C[C@@H]1O. The van der Waals surface area contributed by atoms with Crippen LogP contribution in [0.4, 0.5) is 0 Å². The second-order valence-corrected chi connectivity index (χ2v) is 5.31. The van der Waals surface area contributed by atoms with E-state index in [0.29, 0.717) is 10.1 Å². The Morgan fingerprint density at radius 3 is 3.24 bits per heavy atom. The Hall–Kier alpha value is -1.69. The van der Waals surface area contributed by atoms with Crippen molar-refractivity contribution in [2.24, 2.45) is 5.11 Å². The van der Waals surface area contributed by atoms with E-state index < -0.39 is 18.1 Å². The molecule has 0 saturated carbocycles. The van der Waals surface area contributed by atoms with Crippen LogP contribution >= 0.6 is 22.6 Å². The molecule has 2 aromatic heterocycles. The predicted molar refractivity (Wildman–Crippen MR) is 79.7 cm³/mol. The lowest BCUT2D eigenvalue weighted by molar-refractivity contribution is -0.0795. The van der Waals surface area contributed by atoms with Crippen molar-refractivity contribution >= 4 is 33.8 Å². The van der Waals surface area contributed by atoms with Crippen molar-refractivity contribution in [1.29, 1.82) is 0 Å². The zero-order valence-corrected chi connectivity index (χ0v) is 12.7. The number of alkyl halides is 1. The molecule has 1 aliphatic heterocycles. The number of nitrogens with zero attached hydrogens (tertiary/aromatic N) is 6. The fraction of sp³-hybridized carbons (Fsp3) is 0.500. The standard InChI is InChI=1S/C10H10IN7O3/c11-2-10(16-17-12)5(19)1-6(21-10)18-4-15-7-8(18)13-3-14-9(7)20/h3-6,19H,1-2H2,(H,13,14,20)/t5-,6+,10+/m0/s1. The van der Waals surface area contributed by atoms with Gasteiger partial charge >= 0.3 is 0 Å². The van der Waals surface area contributed by atoms with Crippen LogP contribution in [0.15, 0.2) is 22.6 Å². The average Bonchev–Trinajstić information content (AvgIpc) is 3.03. The second-order valence-electron chi connectivity index (χ2n) is 4.55. The number of H-pyrrole nitrogens is 1. The van der Waals surface area contributed by atoms with Crippen LogP contribution in [0.3, 0.4) is 0 Å². The van der Waals surface area contributed by atoms with Crippen molar-refractivity contribution in [2.45, 2.75) is 24.5 Å². The molecule has 0 aromatic carbocycles. The molecule has 3 atom stereocenters. The lowest BCUT2D eigenvalue weighted by Crippen LogP contribution is -2.38. The number of rotatable bonds is 3. The first kappa shape index (κ1) is 14.3. The number of hydrogen-bond donors (Lipinski definition) is 2. The first-order valence-corrected chi connectivity index (χ1v) is 7.52. The van der Waals surface area contributed by atoms with Crippen molar-refractivity contribution in [2.75, 3.05) is 4.43 Å². The molecular weight excluding hydrogens is 393 g/mol. The first-order valence-electron chi connectivity index (χ1n) is 5.99. The van der Waals surface area contributed by atoms with Crippen LogP contribution in [0.5, 0.6) is 0 Å². The summed E-state index contributed by atoms with van der Waals surface area (Å²) in [6, 6.07) is 0. The highest BCUT2D eigenvalue weighted by atomic mass is 127. The number of ether oxygens (including phenoxy) is 1. The molecule has 0 amide bonds. The summed E-state index contributed by atoms with van der Waals surface area (Å²) < 4.78 is 7.59. The van der Waals surface area contributed by atoms with E-state index in [9.17, 15) is 9.90 Å². The summed E-state index contributed by atoms with van der Waals surface area (Å²) in [5, 5.41) is 13.7. The molecule has 10 nitrogen and oxygen atoms in total. The largest absolute Gasteiger partial charge is 0.390 e. The third-order valence-corrected chi connectivity index (χ3v) is 4.46. The van der Waals surface area contributed by atoms with E-state index in [-0.39, 0.29) is 17.5 Å². The molecule has 2 N–H and O–H groups in total. The number of nitrogens with one attached hydrogen (secondary N) is 1. The van der Waals surface area contributed by atoms with E-state index >= 15 is 0 Å². The van der Waals surface area contributed by atoms with Crippen molar-refractivity contribution in [3.05, 3.63) is 33.5 Å². The third kappa shape index (κ3) is 2.18. The van der Waals surface area contributed by atoms with Crippen LogP contribution < -0.4 is 5.56 Å². The maximum atomic E-state index is 11.6. The summed E-state index contributed by atoms with van der Waals surface area (Å²) in [5.41, 5.74) is 7.51. The predicted octanol–water partition coefficient (Wildman–Crippen LogP) is 0.841. The van der Waals surface area contributed by atoms with E-state index in [1.165, 1.54) is 12.7 Å². The van der Waals surface area contributed by atoms with Gasteiger partial charge in [-0.15, -0.1) is 0 Å². The third-order valence-electron chi connectivity index (χ3n) is 3.37. The molecule has 0 spiro atoms. The van der Waals surface area contributed by atoms with Gasteiger partial charge in [0.05, 0.1) is 18.8 Å². The molecule has 3 heterocycles. The van der Waals surface area contributed by atoms with Crippen LogP contribution in [0.2, 0.25) is 0 Å². The Labute approximate surface area is 130 Å². The first-order chi connectivity index (χ1) is 10.1. The van der Waals surface area contributed by atoms with Gasteiger partial charge in [0.25, 0.3) is 5.56 Å². The van der Waals surface area contributed by atoms with E-state index in [2.05, 4.69) is 25.0 Å². The molecule has 110 valence electrons. The minimum atomic E-state index is -1.32. The monoisotopic (exact) mass is 403 g/mol. The van der Waals surface area contributed by atoms with Gasteiger partial charge in [-0.25, -0.2) is 9.97 Å². The van der Waals surface area contributed by atoms with Gasteiger partial charge < -0.3 is 14.8 Å². The zero-order chi connectivity index (χ0) is 15.0. The minimum absolute atomic E-state index is 0.186. The van der Waals surface area contributed by atoms with Crippen LogP contribution in [-0.2, 0) is 4.74 Å². The average molecular weight is 403 g/mol. The molecular formula is C10H10IN7O3. The van der Waals surface area contributed by atoms with Gasteiger partial charge in [-0.1, -0.05) is 27.7 Å². The topological polar surface area (TPSA) is 142 Å². The van der Waals surface area contributed by atoms with E-state index in [1.807, 2.05) is 22.6 Å².